The number of rotatable bonds is 8. The van der Waals surface area contributed by atoms with Gasteiger partial charge in [0.15, 0.2) is 5.78 Å². The van der Waals surface area contributed by atoms with E-state index >= 15 is 0 Å². The number of nitrogens with two attached hydrogens (primary N) is 1. The van der Waals surface area contributed by atoms with Crippen LogP contribution in [0.25, 0.3) is 11.0 Å². The molecule has 1 fully saturated rings. The van der Waals surface area contributed by atoms with Gasteiger partial charge in [-0.05, 0) is 45.7 Å². The highest BCUT2D eigenvalue weighted by molar-refractivity contribution is 6.12. The van der Waals surface area contributed by atoms with Gasteiger partial charge in [-0.15, -0.1) is 0 Å². The number of fused-ring (bicyclic) bond motifs is 1. The molecule has 0 amide bonds. The van der Waals surface area contributed by atoms with Crippen LogP contribution in [0.3, 0.4) is 0 Å². The van der Waals surface area contributed by atoms with E-state index in [1.54, 1.807) is 38.3 Å². The molecule has 4 rings (SSSR count). The van der Waals surface area contributed by atoms with Crippen LogP contribution in [0.2, 0.25) is 0 Å². The lowest BCUT2D eigenvalue weighted by Crippen LogP contribution is -2.44. The van der Waals surface area contributed by atoms with E-state index in [4.69, 9.17) is 15.9 Å². The molecule has 1 aliphatic rings. The van der Waals surface area contributed by atoms with Crippen molar-refractivity contribution in [1.29, 1.82) is 5.41 Å². The highest BCUT2D eigenvalue weighted by atomic mass is 16.5. The summed E-state index contributed by atoms with van der Waals surface area (Å²) in [6.45, 7) is 7.48. The van der Waals surface area contributed by atoms with Gasteiger partial charge in [-0.1, -0.05) is 23.8 Å². The minimum atomic E-state index is -0.312. The number of piperidine rings is 1. The lowest BCUT2D eigenvalue weighted by atomic mass is 10.1. The Morgan fingerprint density at radius 1 is 1.31 bits per heavy atom. The molecule has 1 aliphatic heterocycles. The molecule has 2 aromatic heterocycles. The Morgan fingerprint density at radius 2 is 2.08 bits per heavy atom. The van der Waals surface area contributed by atoms with Gasteiger partial charge in [0.05, 0.1) is 25.5 Å². The Balaban J connectivity index is 1.87. The smallest absolute Gasteiger partial charge is 0.278 e. The summed E-state index contributed by atoms with van der Waals surface area (Å²) in [5.74, 6) is 1.16. The fourth-order valence-electron chi connectivity index (χ4n) is 4.73. The predicted molar refractivity (Wildman–Crippen MR) is 143 cm³/mol. The van der Waals surface area contributed by atoms with Gasteiger partial charge in [0.1, 0.15) is 22.6 Å². The highest BCUT2D eigenvalue weighted by Gasteiger charge is 2.29. The number of anilines is 1. The van der Waals surface area contributed by atoms with E-state index in [1.165, 1.54) is 10.9 Å². The van der Waals surface area contributed by atoms with E-state index in [1.807, 2.05) is 24.5 Å². The average Bonchev–Trinajstić information content (AvgIpc) is 3.19. The third-order valence-electron chi connectivity index (χ3n) is 6.52. The third-order valence-corrected chi connectivity index (χ3v) is 6.52. The monoisotopic (exact) mass is 490 g/mol. The summed E-state index contributed by atoms with van der Waals surface area (Å²) >= 11 is 0. The average molecular weight is 491 g/mol. The van der Waals surface area contributed by atoms with Crippen molar-refractivity contribution < 1.29 is 9.53 Å². The first-order valence-electron chi connectivity index (χ1n) is 12.2. The maximum absolute atomic E-state index is 13.8. The van der Waals surface area contributed by atoms with Crippen molar-refractivity contribution in [2.24, 2.45) is 5.73 Å². The van der Waals surface area contributed by atoms with Crippen molar-refractivity contribution in [1.82, 2.24) is 14.1 Å². The van der Waals surface area contributed by atoms with Crippen LogP contribution in [0, 0.1) is 5.41 Å². The van der Waals surface area contributed by atoms with E-state index in [0.29, 0.717) is 46.7 Å². The first-order valence-corrected chi connectivity index (χ1v) is 12.2. The summed E-state index contributed by atoms with van der Waals surface area (Å²) in [5.41, 5.74) is 9.41. The molecule has 0 bridgehead atoms. The Morgan fingerprint density at radius 3 is 2.75 bits per heavy atom. The van der Waals surface area contributed by atoms with Gasteiger partial charge >= 0.3 is 0 Å². The second kappa shape index (κ2) is 10.5. The number of aromatic nitrogens is 3. The van der Waals surface area contributed by atoms with Gasteiger partial charge in [-0.3, -0.25) is 14.2 Å². The zero-order valence-electron chi connectivity index (χ0n) is 21.4. The van der Waals surface area contributed by atoms with E-state index in [-0.39, 0.29) is 23.9 Å². The number of Topliss-reactive ketones (excluding diaryl/α,β-unsaturated/α-hetero) is 1. The van der Waals surface area contributed by atoms with Gasteiger partial charge in [-0.25, -0.2) is 4.98 Å². The van der Waals surface area contributed by atoms with Crippen LogP contribution in [0.1, 0.15) is 49.5 Å². The molecule has 0 aliphatic carbocycles. The molecule has 3 heterocycles. The molecule has 1 aromatic carbocycles. The number of carbonyl (C=O) groups excluding carboxylic acids is 1. The van der Waals surface area contributed by atoms with Crippen molar-refractivity contribution in [2.45, 2.75) is 52.7 Å². The van der Waals surface area contributed by atoms with Crippen LogP contribution >= 0.6 is 0 Å². The molecule has 1 saturated heterocycles. The topological polar surface area (TPSA) is 119 Å². The number of benzene rings is 1. The molecule has 9 heteroatoms. The Kier molecular flexibility index (Phi) is 7.40. The summed E-state index contributed by atoms with van der Waals surface area (Å²) in [4.78, 5) is 33.6. The summed E-state index contributed by atoms with van der Waals surface area (Å²) in [7, 11) is 1.54. The lowest BCUT2D eigenvalue weighted by molar-refractivity contribution is 0.0970. The second-order valence-electron chi connectivity index (χ2n) is 9.59. The Hall–Kier alpha value is -3.72. The Labute approximate surface area is 210 Å². The van der Waals surface area contributed by atoms with Gasteiger partial charge in [0.2, 0.25) is 0 Å². The van der Waals surface area contributed by atoms with Crippen LogP contribution in [-0.2, 0) is 13.1 Å². The third kappa shape index (κ3) is 4.97. The molecule has 36 heavy (non-hydrogen) atoms. The van der Waals surface area contributed by atoms with Gasteiger partial charge < -0.3 is 25.3 Å². The number of carbonyl (C=O) groups is 1. The van der Waals surface area contributed by atoms with Crippen LogP contribution in [-0.4, -0.2) is 51.9 Å². The van der Waals surface area contributed by atoms with Crippen molar-refractivity contribution in [2.75, 3.05) is 25.1 Å². The van der Waals surface area contributed by atoms with Crippen molar-refractivity contribution in [3.8, 4) is 5.75 Å². The van der Waals surface area contributed by atoms with Crippen LogP contribution in [0.4, 0.5) is 5.82 Å². The summed E-state index contributed by atoms with van der Waals surface area (Å²) in [5, 5.41) is 8.54. The van der Waals surface area contributed by atoms with Gasteiger partial charge in [0.25, 0.3) is 5.56 Å². The molecular weight excluding hydrogens is 456 g/mol. The molecule has 9 nitrogen and oxygen atoms in total. The SMILES string of the molecule is COc1cccc(C(=O)Cn2cnc3c(C(C)=N)c(N4CCC[C@@H](N)C4)n(CC=C(C)C)c3c2=O)c1. The number of allylic oxidation sites excluding steroid dienone is 2. The molecular formula is C27H34N6O3. The van der Waals surface area contributed by atoms with E-state index < -0.39 is 0 Å². The van der Waals surface area contributed by atoms with Crippen LogP contribution in [0.5, 0.6) is 5.75 Å². The minimum Gasteiger partial charge on any atom is -0.497 e. The predicted octanol–water partition coefficient (Wildman–Crippen LogP) is 3.37. The molecule has 3 N–H and O–H groups in total. The van der Waals surface area contributed by atoms with Crippen molar-refractivity contribution in [3.05, 3.63) is 63.7 Å². The zero-order valence-corrected chi connectivity index (χ0v) is 21.4. The fraction of sp³-hybridized carbons (Fsp3) is 0.407. The summed E-state index contributed by atoms with van der Waals surface area (Å²) in [6, 6.07) is 6.90. The number of hydrogen-bond acceptors (Lipinski definition) is 7. The number of methoxy groups -OCH3 is 1. The molecule has 0 unspecified atom stereocenters. The standard InChI is InChI=1S/C27H34N6O3/c1-17(2)10-12-33-25-24(23(18(3)28)26(33)31-11-6-8-20(29)14-31)30-16-32(27(25)35)15-22(34)19-7-5-9-21(13-19)36-4/h5,7,9-10,13,16,20,28H,6,8,11-12,14-15,29H2,1-4H3/t20-/m1/s1. The fourth-order valence-corrected chi connectivity index (χ4v) is 4.73. The van der Waals surface area contributed by atoms with Crippen LogP contribution in [0.15, 0.2) is 47.0 Å². The number of nitrogens with zero attached hydrogens (tertiary/aromatic N) is 4. The Bertz CT molecular complexity index is 1400. The van der Waals surface area contributed by atoms with E-state index in [2.05, 4.69) is 9.88 Å². The largest absolute Gasteiger partial charge is 0.497 e. The zero-order chi connectivity index (χ0) is 26.0. The molecule has 0 saturated carbocycles. The van der Waals surface area contributed by atoms with Crippen molar-refractivity contribution in [3.63, 3.8) is 0 Å². The molecule has 0 spiro atoms. The lowest BCUT2D eigenvalue weighted by Gasteiger charge is -2.34. The quantitative estimate of drug-likeness (QED) is 0.284. The normalized spacial score (nSPS) is 15.7. The first kappa shape index (κ1) is 25.4. The minimum absolute atomic E-state index is 0.0256. The number of ketones is 1. The van der Waals surface area contributed by atoms with Crippen LogP contribution < -0.4 is 20.9 Å². The maximum Gasteiger partial charge on any atom is 0.278 e. The van der Waals surface area contributed by atoms with E-state index in [9.17, 15) is 9.59 Å². The molecule has 190 valence electrons. The summed E-state index contributed by atoms with van der Waals surface area (Å²) in [6.07, 6.45) is 5.34. The summed E-state index contributed by atoms with van der Waals surface area (Å²) < 4.78 is 8.51. The number of nitrogens with one attached hydrogen (secondary N) is 1. The molecule has 1 atom stereocenters. The van der Waals surface area contributed by atoms with Crippen molar-refractivity contribution >= 4 is 28.3 Å². The molecule has 0 radical (unpaired) electrons. The number of ether oxygens (including phenoxy) is 1. The number of hydrogen-bond donors (Lipinski definition) is 2. The first-order chi connectivity index (χ1) is 17.2. The highest BCUT2D eigenvalue weighted by Crippen LogP contribution is 2.32. The van der Waals surface area contributed by atoms with Gasteiger partial charge in [0, 0.05) is 37.0 Å². The van der Waals surface area contributed by atoms with Gasteiger partial charge in [-0.2, -0.15) is 0 Å². The maximum atomic E-state index is 13.8. The molecule has 3 aromatic rings. The van der Waals surface area contributed by atoms with E-state index in [0.717, 1.165) is 30.8 Å². The second-order valence-corrected chi connectivity index (χ2v) is 9.59.